The van der Waals surface area contributed by atoms with Crippen molar-refractivity contribution in [2.75, 3.05) is 17.7 Å². The molecule has 0 fully saturated rings. The fourth-order valence-corrected chi connectivity index (χ4v) is 3.28. The van der Waals surface area contributed by atoms with Crippen molar-refractivity contribution < 1.29 is 41.4 Å². The van der Waals surface area contributed by atoms with Gasteiger partial charge in [-0.05, 0) is 55.0 Å². The summed E-state index contributed by atoms with van der Waals surface area (Å²) in [6.45, 7) is 1.75. The first kappa shape index (κ1) is 24.7. The predicted molar refractivity (Wildman–Crippen MR) is 120 cm³/mol. The van der Waals surface area contributed by atoms with E-state index in [0.29, 0.717) is 22.8 Å². The average Bonchev–Trinajstić information content (AvgIpc) is 2.81. The molecule has 2 aliphatic heterocycles. The third-order valence-corrected chi connectivity index (χ3v) is 5.06. The standard InChI is InChI=1S/C23H20F4N4O5/c1-12-9-13(3-5-17(12)34-15-7-8-29-16(11-15)20(32)28-2)30-21(33)31-14-4-6-18-19(10-14)36-23(26,27)22(24,25)35-18/h3-11,16,29H,1-2H3,(H,28,32)(H2,30,31,33). The average molecular weight is 508 g/mol. The van der Waals surface area contributed by atoms with Gasteiger partial charge in [0.05, 0.1) is 0 Å². The Balaban J connectivity index is 1.39. The number of rotatable bonds is 5. The van der Waals surface area contributed by atoms with Gasteiger partial charge in [-0.1, -0.05) is 0 Å². The lowest BCUT2D eigenvalue weighted by atomic mass is 10.1. The van der Waals surface area contributed by atoms with Crippen LogP contribution in [0.4, 0.5) is 33.7 Å². The number of carbonyl (C=O) groups is 2. The minimum absolute atomic E-state index is 0.00263. The van der Waals surface area contributed by atoms with Crippen LogP contribution < -0.4 is 35.5 Å². The molecule has 36 heavy (non-hydrogen) atoms. The monoisotopic (exact) mass is 508 g/mol. The van der Waals surface area contributed by atoms with Gasteiger partial charge in [-0.3, -0.25) is 4.79 Å². The van der Waals surface area contributed by atoms with Crippen molar-refractivity contribution in [3.63, 3.8) is 0 Å². The fourth-order valence-electron chi connectivity index (χ4n) is 3.28. The van der Waals surface area contributed by atoms with Gasteiger partial charge in [-0.15, -0.1) is 0 Å². The number of anilines is 2. The second-order valence-electron chi connectivity index (χ2n) is 7.72. The number of carbonyl (C=O) groups excluding carboxylic acids is 2. The van der Waals surface area contributed by atoms with E-state index in [4.69, 9.17) is 4.74 Å². The molecule has 1 atom stereocenters. The number of dihydropyridines is 1. The molecule has 3 amide bonds. The minimum Gasteiger partial charge on any atom is -0.457 e. The van der Waals surface area contributed by atoms with E-state index >= 15 is 0 Å². The molecule has 0 bridgehead atoms. The van der Waals surface area contributed by atoms with Crippen molar-refractivity contribution in [3.05, 3.63) is 66.1 Å². The van der Waals surface area contributed by atoms with Crippen molar-refractivity contribution in [1.29, 1.82) is 0 Å². The highest BCUT2D eigenvalue weighted by atomic mass is 19.3. The molecule has 9 nitrogen and oxygen atoms in total. The fraction of sp³-hybridized carbons (Fsp3) is 0.217. The van der Waals surface area contributed by atoms with Gasteiger partial charge >= 0.3 is 18.2 Å². The van der Waals surface area contributed by atoms with E-state index in [-0.39, 0.29) is 11.6 Å². The molecular formula is C23H20F4N4O5. The Morgan fingerprint density at radius 3 is 2.28 bits per heavy atom. The number of amides is 3. The number of halogens is 4. The number of likely N-dealkylation sites (N-methyl/N-ethyl adjacent to an activating group) is 1. The number of nitrogens with one attached hydrogen (secondary N) is 4. The summed E-state index contributed by atoms with van der Waals surface area (Å²) >= 11 is 0. The second kappa shape index (κ2) is 9.32. The van der Waals surface area contributed by atoms with E-state index in [1.54, 1.807) is 43.5 Å². The molecule has 4 rings (SSSR count). The van der Waals surface area contributed by atoms with Crippen LogP contribution in [0.5, 0.6) is 17.2 Å². The molecule has 2 heterocycles. The largest absolute Gasteiger partial charge is 0.507 e. The Kier molecular flexibility index (Phi) is 6.39. The summed E-state index contributed by atoms with van der Waals surface area (Å²) in [6, 6.07) is 6.60. The maximum atomic E-state index is 13.4. The summed E-state index contributed by atoms with van der Waals surface area (Å²) in [6.07, 6.45) is -4.83. The Bertz CT molecular complexity index is 1270. The SMILES string of the molecule is CNC(=O)C1C=C(Oc2ccc(NC(=O)Nc3ccc4c(c3)OC(F)(F)C(F)(F)O4)cc2C)C=CN1. The van der Waals surface area contributed by atoms with Crippen LogP contribution in [0, 0.1) is 6.92 Å². The number of aryl methyl sites for hydroxylation is 1. The predicted octanol–water partition coefficient (Wildman–Crippen LogP) is 4.09. The first-order valence-corrected chi connectivity index (χ1v) is 10.5. The van der Waals surface area contributed by atoms with Crippen LogP contribution in [0.25, 0.3) is 0 Å². The number of alkyl halides is 4. The highest BCUT2D eigenvalue weighted by Crippen LogP contribution is 2.47. The summed E-state index contributed by atoms with van der Waals surface area (Å²) in [4.78, 5) is 24.2. The quantitative estimate of drug-likeness (QED) is 0.453. The molecule has 2 aliphatic rings. The molecule has 13 heteroatoms. The number of ether oxygens (including phenoxy) is 3. The topological polar surface area (TPSA) is 110 Å². The molecule has 0 saturated heterocycles. The highest BCUT2D eigenvalue weighted by Gasteiger charge is 2.65. The third-order valence-electron chi connectivity index (χ3n) is 5.06. The van der Waals surface area contributed by atoms with Crippen molar-refractivity contribution >= 4 is 23.3 Å². The highest BCUT2D eigenvalue weighted by molar-refractivity contribution is 6.00. The van der Waals surface area contributed by atoms with Crippen molar-refractivity contribution in [2.24, 2.45) is 0 Å². The molecule has 0 saturated carbocycles. The van der Waals surface area contributed by atoms with E-state index in [2.05, 4.69) is 30.7 Å². The third kappa shape index (κ3) is 5.14. The molecule has 0 aliphatic carbocycles. The lowest BCUT2D eigenvalue weighted by Gasteiger charge is -2.31. The number of hydrogen-bond donors (Lipinski definition) is 4. The Morgan fingerprint density at radius 1 is 0.972 bits per heavy atom. The zero-order chi connectivity index (χ0) is 26.1. The molecule has 4 N–H and O–H groups in total. The van der Waals surface area contributed by atoms with Gasteiger partial charge in [0, 0.05) is 30.7 Å². The Hall–Kier alpha value is -4.42. The maximum absolute atomic E-state index is 13.4. The maximum Gasteiger partial charge on any atom is 0.507 e. The first-order chi connectivity index (χ1) is 17.0. The van der Waals surface area contributed by atoms with Crippen molar-refractivity contribution in [2.45, 2.75) is 25.2 Å². The molecule has 2 aromatic carbocycles. The zero-order valence-electron chi connectivity index (χ0n) is 18.8. The lowest BCUT2D eigenvalue weighted by molar-refractivity contribution is -0.391. The van der Waals surface area contributed by atoms with Gasteiger partial charge in [0.1, 0.15) is 17.6 Å². The van der Waals surface area contributed by atoms with Crippen LogP contribution in [0.1, 0.15) is 5.56 Å². The molecule has 0 aromatic heterocycles. The van der Waals surface area contributed by atoms with Gasteiger partial charge in [0.15, 0.2) is 11.5 Å². The zero-order valence-corrected chi connectivity index (χ0v) is 18.8. The van der Waals surface area contributed by atoms with E-state index < -0.39 is 35.8 Å². The Labute approximate surface area is 202 Å². The van der Waals surface area contributed by atoms with Crippen molar-refractivity contribution in [1.82, 2.24) is 10.6 Å². The van der Waals surface area contributed by atoms with Gasteiger partial charge in [-0.2, -0.15) is 17.6 Å². The number of fused-ring (bicyclic) bond motifs is 1. The van der Waals surface area contributed by atoms with Gasteiger partial charge in [0.25, 0.3) is 0 Å². The van der Waals surface area contributed by atoms with Crippen molar-refractivity contribution in [3.8, 4) is 17.2 Å². The molecular weight excluding hydrogens is 488 g/mol. The molecule has 0 spiro atoms. The van der Waals surface area contributed by atoms with E-state index in [9.17, 15) is 27.2 Å². The van der Waals surface area contributed by atoms with Gasteiger partial charge < -0.3 is 35.5 Å². The van der Waals surface area contributed by atoms with Crippen LogP contribution >= 0.6 is 0 Å². The number of allylic oxidation sites excluding steroid dienone is 1. The lowest BCUT2D eigenvalue weighted by Crippen LogP contribution is -2.52. The molecule has 0 radical (unpaired) electrons. The van der Waals surface area contributed by atoms with E-state index in [0.717, 1.165) is 12.1 Å². The summed E-state index contributed by atoms with van der Waals surface area (Å²) in [7, 11) is 1.52. The van der Waals surface area contributed by atoms with E-state index in [1.165, 1.54) is 13.1 Å². The minimum atomic E-state index is -4.87. The van der Waals surface area contributed by atoms with Crippen LogP contribution in [-0.4, -0.2) is 37.2 Å². The van der Waals surface area contributed by atoms with Crippen LogP contribution in [0.3, 0.4) is 0 Å². The van der Waals surface area contributed by atoms with Crippen LogP contribution in [0.15, 0.2) is 60.5 Å². The summed E-state index contributed by atoms with van der Waals surface area (Å²) in [5.41, 5.74) is 1.06. The molecule has 190 valence electrons. The first-order valence-electron chi connectivity index (χ1n) is 10.5. The van der Waals surface area contributed by atoms with Gasteiger partial charge in [-0.25, -0.2) is 4.79 Å². The smallest absolute Gasteiger partial charge is 0.457 e. The van der Waals surface area contributed by atoms with Crippen LogP contribution in [-0.2, 0) is 4.79 Å². The normalized spacial score (nSPS) is 18.8. The van der Waals surface area contributed by atoms with Gasteiger partial charge in [0.2, 0.25) is 5.91 Å². The second-order valence-corrected chi connectivity index (χ2v) is 7.72. The molecule has 1 unspecified atom stereocenters. The van der Waals surface area contributed by atoms with Crippen LogP contribution in [0.2, 0.25) is 0 Å². The summed E-state index contributed by atoms with van der Waals surface area (Å²) < 4.78 is 67.2. The summed E-state index contributed by atoms with van der Waals surface area (Å²) in [5, 5.41) is 10.4. The molecule has 2 aromatic rings. The Morgan fingerprint density at radius 2 is 1.61 bits per heavy atom. The summed E-state index contributed by atoms with van der Waals surface area (Å²) in [5.74, 6) is -0.540. The number of benzene rings is 2. The van der Waals surface area contributed by atoms with E-state index in [1.807, 2.05) is 0 Å². The number of urea groups is 1. The number of hydrogen-bond acceptors (Lipinski definition) is 6.